The number of imidazole rings is 1. The highest BCUT2D eigenvalue weighted by Gasteiger charge is 2.26. The SMILES string of the molecule is CCc1ccccc1NC(=O)N1CCC(c2nc3ccc(C)cc3[nH]2)CC1. The van der Waals surface area contributed by atoms with Crippen molar-refractivity contribution in [1.29, 1.82) is 0 Å². The molecule has 0 saturated carbocycles. The van der Waals surface area contributed by atoms with Crippen molar-refractivity contribution in [2.24, 2.45) is 0 Å². The Bertz CT molecular complexity index is 954. The van der Waals surface area contributed by atoms with Gasteiger partial charge in [-0.2, -0.15) is 0 Å². The largest absolute Gasteiger partial charge is 0.342 e. The summed E-state index contributed by atoms with van der Waals surface area (Å²) in [5, 5.41) is 3.08. The van der Waals surface area contributed by atoms with E-state index in [9.17, 15) is 4.79 Å². The highest BCUT2D eigenvalue weighted by Crippen LogP contribution is 2.28. The molecule has 0 unspecified atom stereocenters. The van der Waals surface area contributed by atoms with E-state index in [4.69, 9.17) is 4.98 Å². The maximum absolute atomic E-state index is 12.6. The predicted octanol–water partition coefficient (Wildman–Crippen LogP) is 4.85. The number of piperidine rings is 1. The molecule has 0 radical (unpaired) electrons. The third kappa shape index (κ3) is 3.68. The Labute approximate surface area is 159 Å². The van der Waals surface area contributed by atoms with Crippen molar-refractivity contribution < 1.29 is 4.79 Å². The minimum Gasteiger partial charge on any atom is -0.342 e. The highest BCUT2D eigenvalue weighted by molar-refractivity contribution is 5.90. The van der Waals surface area contributed by atoms with Crippen LogP contribution in [0.5, 0.6) is 0 Å². The molecule has 1 aromatic heterocycles. The number of hydrogen-bond acceptors (Lipinski definition) is 2. The minimum absolute atomic E-state index is 0.00502. The molecular formula is C22H26N4O. The van der Waals surface area contributed by atoms with E-state index in [2.05, 4.69) is 48.4 Å². The molecule has 1 saturated heterocycles. The second-order valence-corrected chi connectivity index (χ2v) is 7.34. The minimum atomic E-state index is -0.00502. The van der Waals surface area contributed by atoms with Gasteiger partial charge in [0.15, 0.2) is 0 Å². The van der Waals surface area contributed by atoms with E-state index >= 15 is 0 Å². The molecule has 5 heteroatoms. The van der Waals surface area contributed by atoms with Crippen molar-refractivity contribution in [3.8, 4) is 0 Å². The van der Waals surface area contributed by atoms with Crippen LogP contribution < -0.4 is 5.32 Å². The Balaban J connectivity index is 1.40. The Morgan fingerprint density at radius 1 is 1.22 bits per heavy atom. The number of urea groups is 1. The van der Waals surface area contributed by atoms with Crippen LogP contribution in [0.4, 0.5) is 10.5 Å². The van der Waals surface area contributed by atoms with E-state index in [1.165, 1.54) is 11.1 Å². The summed E-state index contributed by atoms with van der Waals surface area (Å²) < 4.78 is 0. The lowest BCUT2D eigenvalue weighted by Gasteiger charge is -2.31. The van der Waals surface area contributed by atoms with Gasteiger partial charge in [0.05, 0.1) is 11.0 Å². The van der Waals surface area contributed by atoms with E-state index in [1.807, 2.05) is 23.1 Å². The van der Waals surface area contributed by atoms with E-state index in [-0.39, 0.29) is 6.03 Å². The molecule has 1 fully saturated rings. The number of carbonyl (C=O) groups excluding carboxylic acids is 1. The van der Waals surface area contributed by atoms with Gasteiger partial charge in [-0.25, -0.2) is 9.78 Å². The quantitative estimate of drug-likeness (QED) is 0.700. The fraction of sp³-hybridized carbons (Fsp3) is 0.364. The Morgan fingerprint density at radius 2 is 2.00 bits per heavy atom. The molecule has 2 N–H and O–H groups in total. The molecule has 2 heterocycles. The van der Waals surface area contributed by atoms with Crippen molar-refractivity contribution in [3.63, 3.8) is 0 Å². The van der Waals surface area contributed by atoms with Gasteiger partial charge in [0.25, 0.3) is 0 Å². The summed E-state index contributed by atoms with van der Waals surface area (Å²) >= 11 is 0. The first-order valence-electron chi connectivity index (χ1n) is 9.74. The van der Waals surface area contributed by atoms with Crippen LogP contribution in [0.1, 0.15) is 42.6 Å². The molecule has 1 aliphatic rings. The summed E-state index contributed by atoms with van der Waals surface area (Å²) in [6, 6.07) is 14.3. The predicted molar refractivity (Wildman–Crippen MR) is 109 cm³/mol. The topological polar surface area (TPSA) is 61.0 Å². The number of nitrogens with zero attached hydrogens (tertiary/aromatic N) is 2. The maximum atomic E-state index is 12.6. The van der Waals surface area contributed by atoms with Crippen molar-refractivity contribution in [3.05, 3.63) is 59.4 Å². The monoisotopic (exact) mass is 362 g/mol. The van der Waals surface area contributed by atoms with Gasteiger partial charge in [-0.1, -0.05) is 31.2 Å². The van der Waals surface area contributed by atoms with Gasteiger partial charge in [-0.05, 0) is 55.5 Å². The average Bonchev–Trinajstić information content (AvgIpc) is 3.11. The zero-order valence-corrected chi connectivity index (χ0v) is 16.0. The van der Waals surface area contributed by atoms with Crippen LogP contribution >= 0.6 is 0 Å². The summed E-state index contributed by atoms with van der Waals surface area (Å²) in [7, 11) is 0. The first-order chi connectivity index (χ1) is 13.1. The second-order valence-electron chi connectivity index (χ2n) is 7.34. The number of aryl methyl sites for hydroxylation is 2. The van der Waals surface area contributed by atoms with Gasteiger partial charge in [0.1, 0.15) is 5.82 Å². The summed E-state index contributed by atoms with van der Waals surface area (Å²) in [5.41, 5.74) is 5.43. The summed E-state index contributed by atoms with van der Waals surface area (Å²) in [6.45, 7) is 5.70. The molecule has 27 heavy (non-hydrogen) atoms. The molecule has 0 atom stereocenters. The van der Waals surface area contributed by atoms with Crippen LogP contribution in [0.2, 0.25) is 0 Å². The molecule has 2 aromatic carbocycles. The highest BCUT2D eigenvalue weighted by atomic mass is 16.2. The van der Waals surface area contributed by atoms with Gasteiger partial charge in [0.2, 0.25) is 0 Å². The first-order valence-corrected chi connectivity index (χ1v) is 9.74. The lowest BCUT2D eigenvalue weighted by atomic mass is 9.96. The van der Waals surface area contributed by atoms with E-state index in [0.29, 0.717) is 5.92 Å². The normalized spacial score (nSPS) is 15.3. The molecule has 0 aliphatic carbocycles. The summed E-state index contributed by atoms with van der Waals surface area (Å²) in [6.07, 6.45) is 2.77. The molecule has 0 spiro atoms. The van der Waals surface area contributed by atoms with Crippen molar-refractivity contribution in [2.75, 3.05) is 18.4 Å². The number of benzene rings is 2. The van der Waals surface area contributed by atoms with Gasteiger partial charge >= 0.3 is 6.03 Å². The third-order valence-electron chi connectivity index (χ3n) is 5.46. The summed E-state index contributed by atoms with van der Waals surface area (Å²) in [4.78, 5) is 22.8. The van der Waals surface area contributed by atoms with Crippen LogP contribution in [0, 0.1) is 6.92 Å². The number of rotatable bonds is 3. The van der Waals surface area contributed by atoms with Gasteiger partial charge in [-0.3, -0.25) is 0 Å². The fourth-order valence-corrected chi connectivity index (χ4v) is 3.84. The van der Waals surface area contributed by atoms with Crippen molar-refractivity contribution in [2.45, 2.75) is 39.0 Å². The van der Waals surface area contributed by atoms with E-state index in [0.717, 1.165) is 54.9 Å². The number of aromatic nitrogens is 2. The lowest BCUT2D eigenvalue weighted by Crippen LogP contribution is -2.40. The van der Waals surface area contributed by atoms with Crippen LogP contribution in [0.3, 0.4) is 0 Å². The standard InChI is InChI=1S/C22H26N4O/c1-3-16-6-4-5-7-18(16)25-22(27)26-12-10-17(11-13-26)21-23-19-9-8-15(2)14-20(19)24-21/h4-9,14,17H,3,10-13H2,1-2H3,(H,23,24)(H,25,27). The first kappa shape index (κ1) is 17.6. The Hall–Kier alpha value is -2.82. The molecule has 0 bridgehead atoms. The summed E-state index contributed by atoms with van der Waals surface area (Å²) in [5.74, 6) is 1.43. The molecule has 3 aromatic rings. The molecular weight excluding hydrogens is 336 g/mol. The zero-order valence-electron chi connectivity index (χ0n) is 16.0. The number of aromatic amines is 1. The Morgan fingerprint density at radius 3 is 2.78 bits per heavy atom. The molecule has 1 aliphatic heterocycles. The molecule has 140 valence electrons. The lowest BCUT2D eigenvalue weighted by molar-refractivity contribution is 0.193. The van der Waals surface area contributed by atoms with Crippen LogP contribution in [-0.2, 0) is 6.42 Å². The van der Waals surface area contributed by atoms with Gasteiger partial charge in [0, 0.05) is 24.7 Å². The number of carbonyl (C=O) groups is 1. The second kappa shape index (κ2) is 7.43. The number of para-hydroxylation sites is 1. The van der Waals surface area contributed by atoms with Gasteiger partial charge < -0.3 is 15.2 Å². The van der Waals surface area contributed by atoms with E-state index in [1.54, 1.807) is 0 Å². The maximum Gasteiger partial charge on any atom is 0.321 e. The third-order valence-corrected chi connectivity index (χ3v) is 5.46. The number of H-pyrrole nitrogens is 1. The van der Waals surface area contributed by atoms with E-state index < -0.39 is 0 Å². The van der Waals surface area contributed by atoms with Crippen LogP contribution in [-0.4, -0.2) is 34.0 Å². The molecule has 5 nitrogen and oxygen atoms in total. The van der Waals surface area contributed by atoms with Crippen LogP contribution in [0.25, 0.3) is 11.0 Å². The van der Waals surface area contributed by atoms with Crippen molar-refractivity contribution in [1.82, 2.24) is 14.9 Å². The number of nitrogens with one attached hydrogen (secondary N) is 2. The number of fused-ring (bicyclic) bond motifs is 1. The number of amides is 2. The number of likely N-dealkylation sites (tertiary alicyclic amines) is 1. The fourth-order valence-electron chi connectivity index (χ4n) is 3.84. The zero-order chi connectivity index (χ0) is 18.8. The Kier molecular flexibility index (Phi) is 4.84. The van der Waals surface area contributed by atoms with Crippen LogP contribution in [0.15, 0.2) is 42.5 Å². The smallest absolute Gasteiger partial charge is 0.321 e. The molecule has 4 rings (SSSR count). The van der Waals surface area contributed by atoms with Gasteiger partial charge in [-0.15, -0.1) is 0 Å². The average molecular weight is 362 g/mol. The number of hydrogen-bond donors (Lipinski definition) is 2. The molecule has 2 amide bonds. The number of anilines is 1. The van der Waals surface area contributed by atoms with Crippen molar-refractivity contribution >= 4 is 22.8 Å².